The molecule has 1 atom stereocenters. The van der Waals surface area contributed by atoms with Crippen molar-refractivity contribution in [3.63, 3.8) is 0 Å². The van der Waals surface area contributed by atoms with E-state index in [0.717, 1.165) is 18.4 Å². The van der Waals surface area contributed by atoms with E-state index in [1.54, 1.807) is 6.92 Å². The highest BCUT2D eigenvalue weighted by Crippen LogP contribution is 2.23. The van der Waals surface area contributed by atoms with Crippen LogP contribution in [0.3, 0.4) is 0 Å². The van der Waals surface area contributed by atoms with Gasteiger partial charge in [-0.2, -0.15) is 0 Å². The lowest BCUT2D eigenvalue weighted by Gasteiger charge is -2.17. The molecule has 0 saturated carbocycles. The topological polar surface area (TPSA) is 17.1 Å². The fourth-order valence-electron chi connectivity index (χ4n) is 2.61. The van der Waals surface area contributed by atoms with Gasteiger partial charge < -0.3 is 0 Å². The van der Waals surface area contributed by atoms with Crippen LogP contribution in [0.2, 0.25) is 0 Å². The second-order valence-electron chi connectivity index (χ2n) is 6.20. The van der Waals surface area contributed by atoms with Gasteiger partial charge in [-0.15, -0.1) is 0 Å². The Labute approximate surface area is 134 Å². The fraction of sp³-hybridized carbons (Fsp3) is 0.550. The Bertz CT molecular complexity index is 516. The van der Waals surface area contributed by atoms with Crippen LogP contribution < -0.4 is 0 Å². The number of halogens is 1. The molecule has 0 fully saturated rings. The Balaban J connectivity index is 2.87. The second-order valence-corrected chi connectivity index (χ2v) is 6.20. The Kier molecular flexibility index (Phi) is 8.08. The van der Waals surface area contributed by atoms with Crippen molar-refractivity contribution in [2.45, 2.75) is 66.2 Å². The highest BCUT2D eigenvalue weighted by Gasteiger charge is 2.12. The average molecular weight is 304 g/mol. The third kappa shape index (κ3) is 6.13. The van der Waals surface area contributed by atoms with E-state index in [-0.39, 0.29) is 11.6 Å². The summed E-state index contributed by atoms with van der Waals surface area (Å²) in [6.07, 6.45) is 7.82. The molecule has 0 bridgehead atoms. The molecule has 1 nitrogen and oxygen atoms in total. The summed E-state index contributed by atoms with van der Waals surface area (Å²) >= 11 is 0. The number of aryl methyl sites for hydroxylation is 1. The summed E-state index contributed by atoms with van der Waals surface area (Å²) in [4.78, 5) is 11.8. The molecule has 122 valence electrons. The normalized spacial score (nSPS) is 13.2. The van der Waals surface area contributed by atoms with Crippen LogP contribution in [0.15, 0.2) is 29.8 Å². The average Bonchev–Trinajstić information content (AvgIpc) is 2.50. The largest absolute Gasteiger partial charge is 0.295 e. The van der Waals surface area contributed by atoms with E-state index >= 15 is 0 Å². The Hall–Kier alpha value is -1.44. The summed E-state index contributed by atoms with van der Waals surface area (Å²) in [5.74, 6) is 0.401. The van der Waals surface area contributed by atoms with E-state index < -0.39 is 0 Å². The standard InChI is InChI=1S/C20H29FO/c1-5-7-8-9-15(3)18(14-19(22)6-2)13-17-10-11-20(21)16(4)12-17/h10-12,14-15H,5-9,13H2,1-4H3/b18-14-. The lowest BCUT2D eigenvalue weighted by atomic mass is 9.88. The number of unbranched alkanes of at least 4 members (excludes halogenated alkanes) is 2. The van der Waals surface area contributed by atoms with E-state index in [0.29, 0.717) is 17.9 Å². The van der Waals surface area contributed by atoms with E-state index in [1.165, 1.54) is 30.9 Å². The summed E-state index contributed by atoms with van der Waals surface area (Å²) in [6.45, 7) is 8.06. The van der Waals surface area contributed by atoms with Crippen LogP contribution in [-0.4, -0.2) is 5.78 Å². The maximum absolute atomic E-state index is 13.4. The molecule has 0 heterocycles. The summed E-state index contributed by atoms with van der Waals surface area (Å²) in [6, 6.07) is 5.23. The van der Waals surface area contributed by atoms with Crippen molar-refractivity contribution >= 4 is 5.78 Å². The monoisotopic (exact) mass is 304 g/mol. The van der Waals surface area contributed by atoms with Crippen molar-refractivity contribution in [1.29, 1.82) is 0 Å². The smallest absolute Gasteiger partial charge is 0.155 e. The van der Waals surface area contributed by atoms with Crippen molar-refractivity contribution < 1.29 is 9.18 Å². The van der Waals surface area contributed by atoms with Crippen LogP contribution in [0.1, 0.15) is 64.0 Å². The highest BCUT2D eigenvalue weighted by atomic mass is 19.1. The van der Waals surface area contributed by atoms with Crippen LogP contribution in [0, 0.1) is 18.7 Å². The number of hydrogen-bond donors (Lipinski definition) is 0. The molecule has 1 unspecified atom stereocenters. The maximum Gasteiger partial charge on any atom is 0.155 e. The summed E-state index contributed by atoms with van der Waals surface area (Å²) in [7, 11) is 0. The molecule has 0 amide bonds. The predicted octanol–water partition coefficient (Wildman–Crippen LogP) is 5.80. The van der Waals surface area contributed by atoms with Crippen molar-refractivity contribution in [1.82, 2.24) is 0 Å². The number of allylic oxidation sites excluding steroid dienone is 2. The molecule has 0 aromatic heterocycles. The van der Waals surface area contributed by atoms with Gasteiger partial charge in [0, 0.05) is 6.42 Å². The number of carbonyl (C=O) groups excluding carboxylic acids is 1. The first-order chi connectivity index (χ1) is 10.5. The summed E-state index contributed by atoms with van der Waals surface area (Å²) in [5, 5.41) is 0. The number of rotatable bonds is 9. The van der Waals surface area contributed by atoms with Crippen LogP contribution in [0.4, 0.5) is 4.39 Å². The SMILES string of the molecule is CCCCCC(C)/C(=C\C(=O)CC)Cc1ccc(F)c(C)c1. The molecule has 22 heavy (non-hydrogen) atoms. The zero-order valence-corrected chi connectivity index (χ0v) is 14.4. The Morgan fingerprint density at radius 2 is 2.00 bits per heavy atom. The van der Waals surface area contributed by atoms with E-state index in [2.05, 4.69) is 13.8 Å². The second kappa shape index (κ2) is 9.55. The van der Waals surface area contributed by atoms with Gasteiger partial charge in [-0.3, -0.25) is 4.79 Å². The van der Waals surface area contributed by atoms with Gasteiger partial charge in [0.2, 0.25) is 0 Å². The molecular weight excluding hydrogens is 275 g/mol. The first-order valence-electron chi connectivity index (χ1n) is 8.46. The number of carbonyl (C=O) groups is 1. The zero-order valence-electron chi connectivity index (χ0n) is 14.4. The number of ketones is 1. The van der Waals surface area contributed by atoms with E-state index in [4.69, 9.17) is 0 Å². The molecule has 0 saturated heterocycles. The molecule has 2 heteroatoms. The van der Waals surface area contributed by atoms with Crippen molar-refractivity contribution in [3.05, 3.63) is 46.8 Å². The van der Waals surface area contributed by atoms with Gasteiger partial charge in [-0.1, -0.05) is 57.7 Å². The van der Waals surface area contributed by atoms with Crippen molar-refractivity contribution in [3.8, 4) is 0 Å². The number of benzene rings is 1. The molecule has 0 spiro atoms. The molecule has 0 aliphatic rings. The van der Waals surface area contributed by atoms with Crippen LogP contribution in [0.25, 0.3) is 0 Å². The minimum atomic E-state index is -0.171. The van der Waals surface area contributed by atoms with Crippen LogP contribution in [-0.2, 0) is 11.2 Å². The lowest BCUT2D eigenvalue weighted by Crippen LogP contribution is -2.06. The lowest BCUT2D eigenvalue weighted by molar-refractivity contribution is -0.114. The first-order valence-corrected chi connectivity index (χ1v) is 8.46. The summed E-state index contributed by atoms with van der Waals surface area (Å²) in [5.41, 5.74) is 2.92. The van der Waals surface area contributed by atoms with Gasteiger partial charge in [-0.05, 0) is 49.0 Å². The van der Waals surface area contributed by atoms with Gasteiger partial charge in [0.05, 0.1) is 0 Å². The Morgan fingerprint density at radius 1 is 1.27 bits per heavy atom. The fourth-order valence-corrected chi connectivity index (χ4v) is 2.61. The van der Waals surface area contributed by atoms with E-state index in [1.807, 2.05) is 25.1 Å². The molecule has 1 aromatic carbocycles. The molecule has 0 radical (unpaired) electrons. The molecule has 0 aliphatic carbocycles. The summed E-state index contributed by atoms with van der Waals surface area (Å²) < 4.78 is 13.4. The predicted molar refractivity (Wildman–Crippen MR) is 91.5 cm³/mol. The number of hydrogen-bond acceptors (Lipinski definition) is 1. The maximum atomic E-state index is 13.4. The van der Waals surface area contributed by atoms with Crippen LogP contribution in [0.5, 0.6) is 0 Å². The Morgan fingerprint density at radius 3 is 2.59 bits per heavy atom. The molecule has 1 rings (SSSR count). The van der Waals surface area contributed by atoms with Crippen LogP contribution >= 0.6 is 0 Å². The quantitative estimate of drug-likeness (QED) is 0.416. The minimum Gasteiger partial charge on any atom is -0.295 e. The molecule has 0 aliphatic heterocycles. The molecule has 0 N–H and O–H groups in total. The van der Waals surface area contributed by atoms with Gasteiger partial charge >= 0.3 is 0 Å². The first kappa shape index (κ1) is 18.6. The third-order valence-corrected chi connectivity index (χ3v) is 4.20. The van der Waals surface area contributed by atoms with Gasteiger partial charge in [-0.25, -0.2) is 4.39 Å². The van der Waals surface area contributed by atoms with E-state index in [9.17, 15) is 9.18 Å². The molecule has 1 aromatic rings. The zero-order chi connectivity index (χ0) is 16.5. The van der Waals surface area contributed by atoms with Crippen molar-refractivity contribution in [2.75, 3.05) is 0 Å². The van der Waals surface area contributed by atoms with Gasteiger partial charge in [0.1, 0.15) is 5.82 Å². The third-order valence-electron chi connectivity index (χ3n) is 4.20. The minimum absolute atomic E-state index is 0.171. The van der Waals surface area contributed by atoms with Crippen molar-refractivity contribution in [2.24, 2.45) is 5.92 Å². The van der Waals surface area contributed by atoms with Gasteiger partial charge in [0.25, 0.3) is 0 Å². The molecular formula is C20H29FO. The highest BCUT2D eigenvalue weighted by molar-refractivity contribution is 5.90. The van der Waals surface area contributed by atoms with Gasteiger partial charge in [0.15, 0.2) is 5.78 Å².